The van der Waals surface area contributed by atoms with Crippen LogP contribution in [0.25, 0.3) is 0 Å². The Kier molecular flexibility index (Phi) is 12.1. The molecule has 6 nitrogen and oxygen atoms in total. The SMILES string of the molecule is O=C(O)c1cccc(I)c1OI.OB(O)O.[LiH]. The van der Waals surface area contributed by atoms with E-state index in [9.17, 15) is 4.79 Å². The van der Waals surface area contributed by atoms with Crippen LogP contribution in [0.3, 0.4) is 0 Å². The number of halogens is 2. The van der Waals surface area contributed by atoms with Gasteiger partial charge in [0.25, 0.3) is 0 Å². The van der Waals surface area contributed by atoms with Crippen LogP contribution >= 0.6 is 45.6 Å². The summed E-state index contributed by atoms with van der Waals surface area (Å²) in [5.41, 5.74) is 0.191. The summed E-state index contributed by atoms with van der Waals surface area (Å²) in [6, 6.07) is 4.99. The summed E-state index contributed by atoms with van der Waals surface area (Å²) in [6.07, 6.45) is 0. The van der Waals surface area contributed by atoms with Crippen LogP contribution in [0, 0.1) is 3.57 Å². The second-order valence-corrected chi connectivity index (χ2v) is 3.95. The molecule has 0 spiro atoms. The summed E-state index contributed by atoms with van der Waals surface area (Å²) < 4.78 is 5.71. The van der Waals surface area contributed by atoms with E-state index >= 15 is 0 Å². The van der Waals surface area contributed by atoms with Gasteiger partial charge in [-0.15, -0.1) is 0 Å². The van der Waals surface area contributed by atoms with Gasteiger partial charge in [0, 0.05) is 0 Å². The first-order valence-corrected chi connectivity index (χ1v) is 5.70. The Hall–Kier alpha value is 0.492. The van der Waals surface area contributed by atoms with E-state index in [0.717, 1.165) is 3.57 Å². The van der Waals surface area contributed by atoms with Crippen LogP contribution in [0.1, 0.15) is 10.4 Å². The molecular formula is C7H8BI2LiO6. The van der Waals surface area contributed by atoms with Crippen LogP contribution in [0.15, 0.2) is 18.2 Å². The van der Waals surface area contributed by atoms with E-state index in [1.54, 1.807) is 35.1 Å². The Morgan fingerprint density at radius 1 is 1.29 bits per heavy atom. The Morgan fingerprint density at radius 3 is 2.06 bits per heavy atom. The van der Waals surface area contributed by atoms with Crippen molar-refractivity contribution in [3.8, 4) is 5.75 Å². The molecule has 4 N–H and O–H groups in total. The molecule has 17 heavy (non-hydrogen) atoms. The molecule has 0 radical (unpaired) electrons. The first kappa shape index (κ1) is 19.8. The fourth-order valence-electron chi connectivity index (χ4n) is 0.756. The second kappa shape index (κ2) is 10.4. The molecule has 0 aliphatic heterocycles. The van der Waals surface area contributed by atoms with Crippen molar-refractivity contribution in [2.75, 3.05) is 0 Å². The molecule has 90 valence electrons. The number of rotatable bonds is 2. The standard InChI is InChI=1S/C7H4I2O3.BH3O3.Li.H/c8-5-3-1-2-4(7(10)11)6(5)12-9;2-1(3)4;;/h1-3H,(H,10,11);2-4H;;. The molecule has 1 rings (SSSR count). The van der Waals surface area contributed by atoms with E-state index in [2.05, 4.69) is 0 Å². The third-order valence-electron chi connectivity index (χ3n) is 1.27. The molecule has 0 heterocycles. The third-order valence-corrected chi connectivity index (χ3v) is 2.56. The van der Waals surface area contributed by atoms with Gasteiger partial charge in [0.2, 0.25) is 0 Å². The van der Waals surface area contributed by atoms with Crippen molar-refractivity contribution in [3.63, 3.8) is 0 Å². The first-order chi connectivity index (χ1) is 7.40. The van der Waals surface area contributed by atoms with Crippen molar-refractivity contribution in [2.45, 2.75) is 0 Å². The quantitative estimate of drug-likeness (QED) is 0.367. The molecule has 0 bridgehead atoms. The van der Waals surface area contributed by atoms with Crippen molar-refractivity contribution in [2.24, 2.45) is 0 Å². The Balaban J connectivity index is 0. The van der Waals surface area contributed by atoms with Gasteiger partial charge in [-0.1, -0.05) is 6.07 Å². The first-order valence-electron chi connectivity index (χ1n) is 3.74. The number of hydrogen-bond donors (Lipinski definition) is 4. The number of carboxylic acid groups (broad SMARTS) is 1. The van der Waals surface area contributed by atoms with E-state index < -0.39 is 13.3 Å². The van der Waals surface area contributed by atoms with Gasteiger partial charge in [-0.3, -0.25) is 0 Å². The van der Waals surface area contributed by atoms with Gasteiger partial charge in [-0.25, -0.2) is 4.79 Å². The molecule has 1 aromatic rings. The maximum absolute atomic E-state index is 10.6. The summed E-state index contributed by atoms with van der Waals surface area (Å²) in [6.45, 7) is 0. The average Bonchev–Trinajstić information content (AvgIpc) is 2.16. The second-order valence-electron chi connectivity index (χ2n) is 2.35. The van der Waals surface area contributed by atoms with Crippen molar-refractivity contribution in [1.29, 1.82) is 0 Å². The number of carbonyl (C=O) groups is 1. The summed E-state index contributed by atoms with van der Waals surface area (Å²) >= 11 is 3.70. The molecule has 1 aromatic carbocycles. The van der Waals surface area contributed by atoms with E-state index in [4.69, 9.17) is 23.2 Å². The van der Waals surface area contributed by atoms with Crippen LogP contribution in [0.4, 0.5) is 0 Å². The maximum atomic E-state index is 10.6. The Labute approximate surface area is 138 Å². The predicted octanol–water partition coefficient (Wildman–Crippen LogP) is 0.0179. The number of carboxylic acids is 1. The molecule has 0 fully saturated rings. The van der Waals surface area contributed by atoms with Crippen LogP contribution < -0.4 is 3.07 Å². The molecule has 0 amide bonds. The van der Waals surface area contributed by atoms with Gasteiger partial charge in [-0.2, -0.15) is 0 Å². The average molecular weight is 460 g/mol. The van der Waals surface area contributed by atoms with E-state index in [-0.39, 0.29) is 24.4 Å². The monoisotopic (exact) mass is 460 g/mol. The minimum absolute atomic E-state index is 0. The van der Waals surface area contributed by atoms with Gasteiger partial charge in [-0.05, 0) is 34.7 Å². The molecule has 10 heteroatoms. The van der Waals surface area contributed by atoms with Gasteiger partial charge in [0.15, 0.2) is 28.8 Å². The predicted molar refractivity (Wildman–Crippen MR) is 80.3 cm³/mol. The summed E-state index contributed by atoms with van der Waals surface area (Å²) in [7, 11) is -2.17. The summed E-state index contributed by atoms with van der Waals surface area (Å²) in [5, 5.41) is 30.2. The molecule has 0 saturated heterocycles. The zero-order valence-corrected chi connectivity index (χ0v) is 12.0. The number of benzene rings is 1. The topological polar surface area (TPSA) is 107 Å². The Morgan fingerprint density at radius 2 is 1.76 bits per heavy atom. The molecular weight excluding hydrogens is 452 g/mol. The van der Waals surface area contributed by atoms with Crippen molar-refractivity contribution < 1.29 is 28.0 Å². The number of aromatic carboxylic acids is 1. The fourth-order valence-corrected chi connectivity index (χ4v) is 2.26. The minimum atomic E-state index is -2.17. The Bertz CT molecular complexity index is 361. The molecule has 0 atom stereocenters. The normalized spacial score (nSPS) is 8.29. The van der Waals surface area contributed by atoms with Crippen LogP contribution in [0.5, 0.6) is 5.75 Å². The van der Waals surface area contributed by atoms with E-state index in [1.165, 1.54) is 6.07 Å². The van der Waals surface area contributed by atoms with Gasteiger partial charge >= 0.3 is 32.2 Å². The zero-order chi connectivity index (χ0) is 12.7. The molecule has 0 unspecified atom stereocenters. The molecule has 0 saturated carbocycles. The van der Waals surface area contributed by atoms with Crippen LogP contribution in [-0.2, 0) is 0 Å². The van der Waals surface area contributed by atoms with Crippen LogP contribution in [-0.4, -0.2) is 52.3 Å². The summed E-state index contributed by atoms with van der Waals surface area (Å²) in [5.74, 6) is -0.564. The fraction of sp³-hybridized carbons (Fsp3) is 0. The van der Waals surface area contributed by atoms with E-state index in [1.807, 2.05) is 22.6 Å². The van der Waals surface area contributed by atoms with Gasteiger partial charge < -0.3 is 23.2 Å². The third kappa shape index (κ3) is 8.25. The van der Waals surface area contributed by atoms with Crippen molar-refractivity contribution in [1.82, 2.24) is 0 Å². The molecule has 0 aliphatic carbocycles. The molecule has 0 aromatic heterocycles. The van der Waals surface area contributed by atoms with Crippen molar-refractivity contribution in [3.05, 3.63) is 27.3 Å². The molecule has 0 aliphatic rings. The van der Waals surface area contributed by atoms with Gasteiger partial charge in [0.05, 0.1) is 3.57 Å². The van der Waals surface area contributed by atoms with Crippen LogP contribution in [0.2, 0.25) is 0 Å². The van der Waals surface area contributed by atoms with Crippen molar-refractivity contribution >= 4 is 77.7 Å². The van der Waals surface area contributed by atoms with Gasteiger partial charge in [0.1, 0.15) is 5.56 Å². The number of para-hydroxylation sites is 1. The summed E-state index contributed by atoms with van der Waals surface area (Å²) in [4.78, 5) is 10.6. The number of hydrogen-bond acceptors (Lipinski definition) is 5. The zero-order valence-electron chi connectivity index (χ0n) is 7.67. The van der Waals surface area contributed by atoms with E-state index in [0.29, 0.717) is 5.75 Å².